The SMILES string of the molecule is CCCC(N)C(=O)[O-].C[N+](C)(CN)CCO. The van der Waals surface area contributed by atoms with Gasteiger partial charge in [0.15, 0.2) is 0 Å². The maximum atomic E-state index is 9.85. The molecule has 0 radical (unpaired) electrons. The summed E-state index contributed by atoms with van der Waals surface area (Å²) in [7, 11) is 3.96. The largest absolute Gasteiger partial charge is 0.548 e. The zero-order valence-electron chi connectivity index (χ0n) is 10.5. The Kier molecular flexibility index (Phi) is 10.5. The Bertz CT molecular complexity index is 186. The van der Waals surface area contributed by atoms with Crippen molar-refractivity contribution >= 4 is 5.97 Å². The maximum absolute atomic E-state index is 9.85. The summed E-state index contributed by atoms with van der Waals surface area (Å²) in [5, 5.41) is 18.3. The van der Waals surface area contributed by atoms with Crippen LogP contribution in [0.3, 0.4) is 0 Å². The van der Waals surface area contributed by atoms with E-state index in [9.17, 15) is 9.90 Å². The first-order chi connectivity index (χ1) is 7.30. The highest BCUT2D eigenvalue weighted by atomic mass is 16.4. The predicted molar refractivity (Wildman–Crippen MR) is 61.0 cm³/mol. The van der Waals surface area contributed by atoms with Gasteiger partial charge < -0.3 is 25.2 Å². The molecular formula is C10H25N3O3. The lowest BCUT2D eigenvalue weighted by Crippen LogP contribution is -2.46. The van der Waals surface area contributed by atoms with Gasteiger partial charge in [0.05, 0.1) is 26.7 Å². The van der Waals surface area contributed by atoms with Gasteiger partial charge in [0, 0.05) is 6.04 Å². The van der Waals surface area contributed by atoms with Gasteiger partial charge in [0.2, 0.25) is 0 Å². The summed E-state index contributed by atoms with van der Waals surface area (Å²) in [5.74, 6) is -1.16. The van der Waals surface area contributed by atoms with E-state index in [1.165, 1.54) is 0 Å². The van der Waals surface area contributed by atoms with Gasteiger partial charge in [-0.2, -0.15) is 0 Å². The number of nitrogens with two attached hydrogens (primary N) is 2. The number of quaternary nitrogens is 1. The number of rotatable bonds is 6. The van der Waals surface area contributed by atoms with Crippen molar-refractivity contribution in [3.05, 3.63) is 0 Å². The molecule has 0 spiro atoms. The number of carboxylic acids is 1. The molecule has 0 fully saturated rings. The van der Waals surface area contributed by atoms with Crippen LogP contribution in [0, 0.1) is 0 Å². The molecule has 0 aliphatic rings. The van der Waals surface area contributed by atoms with Crippen LogP contribution in [-0.4, -0.2) is 55.5 Å². The molecule has 5 N–H and O–H groups in total. The summed E-state index contributed by atoms with van der Waals surface area (Å²) in [4.78, 5) is 9.85. The number of carbonyl (C=O) groups excluding carboxylic acids is 1. The Labute approximate surface area is 97.4 Å². The van der Waals surface area contributed by atoms with Gasteiger partial charge in [-0.3, -0.25) is 5.73 Å². The van der Waals surface area contributed by atoms with E-state index in [1.54, 1.807) is 0 Å². The highest BCUT2D eigenvalue weighted by molar-refractivity contribution is 5.70. The number of likely N-dealkylation sites (N-methyl/N-ethyl adjacent to an activating group) is 1. The van der Waals surface area contributed by atoms with E-state index in [1.807, 2.05) is 21.0 Å². The van der Waals surface area contributed by atoms with Crippen molar-refractivity contribution in [2.24, 2.45) is 11.5 Å². The topological polar surface area (TPSA) is 112 Å². The predicted octanol–water partition coefficient (Wildman–Crippen LogP) is -2.16. The van der Waals surface area contributed by atoms with E-state index >= 15 is 0 Å². The van der Waals surface area contributed by atoms with Crippen molar-refractivity contribution in [1.29, 1.82) is 0 Å². The fourth-order valence-electron chi connectivity index (χ4n) is 0.791. The lowest BCUT2D eigenvalue weighted by atomic mass is 10.2. The number of aliphatic hydroxyl groups excluding tert-OH is 1. The zero-order valence-corrected chi connectivity index (χ0v) is 10.5. The third-order valence-electron chi connectivity index (χ3n) is 2.10. The lowest BCUT2D eigenvalue weighted by Gasteiger charge is -2.26. The van der Waals surface area contributed by atoms with E-state index in [2.05, 4.69) is 0 Å². The van der Waals surface area contributed by atoms with E-state index in [0.29, 0.717) is 17.6 Å². The first-order valence-corrected chi connectivity index (χ1v) is 5.40. The van der Waals surface area contributed by atoms with Gasteiger partial charge in [-0.15, -0.1) is 0 Å². The van der Waals surface area contributed by atoms with Crippen LogP contribution >= 0.6 is 0 Å². The molecule has 0 bridgehead atoms. The van der Waals surface area contributed by atoms with E-state index < -0.39 is 12.0 Å². The normalized spacial score (nSPS) is 12.6. The minimum absolute atomic E-state index is 0.212. The molecule has 0 aromatic carbocycles. The minimum Gasteiger partial charge on any atom is -0.548 e. The second kappa shape index (κ2) is 9.53. The van der Waals surface area contributed by atoms with Gasteiger partial charge in [-0.1, -0.05) is 13.3 Å². The summed E-state index contributed by atoms with van der Waals surface area (Å²) in [6.07, 6.45) is 1.29. The number of aliphatic hydroxyl groups is 1. The Morgan fingerprint density at radius 3 is 2.12 bits per heavy atom. The summed E-state index contributed by atoms with van der Waals surface area (Å²) in [6.45, 7) is 3.41. The first kappa shape index (κ1) is 17.7. The second-order valence-corrected chi connectivity index (χ2v) is 4.28. The summed E-state index contributed by atoms with van der Waals surface area (Å²) in [6, 6.07) is -0.778. The monoisotopic (exact) mass is 235 g/mol. The van der Waals surface area contributed by atoms with Crippen molar-refractivity contribution in [1.82, 2.24) is 0 Å². The quantitative estimate of drug-likeness (QED) is 0.358. The Hall–Kier alpha value is -0.690. The van der Waals surface area contributed by atoms with Gasteiger partial charge >= 0.3 is 0 Å². The third kappa shape index (κ3) is 11.4. The average Bonchev–Trinajstić information content (AvgIpc) is 2.19. The van der Waals surface area contributed by atoms with E-state index in [4.69, 9.17) is 16.6 Å². The number of carboxylic acid groups (broad SMARTS) is 1. The van der Waals surface area contributed by atoms with Crippen LogP contribution < -0.4 is 16.6 Å². The molecule has 0 aromatic heterocycles. The maximum Gasteiger partial charge on any atom is 0.129 e. The van der Waals surface area contributed by atoms with Gasteiger partial charge in [-0.05, 0) is 6.42 Å². The average molecular weight is 235 g/mol. The summed E-state index contributed by atoms with van der Waals surface area (Å²) in [5.41, 5.74) is 10.4. The van der Waals surface area contributed by atoms with Crippen molar-refractivity contribution < 1.29 is 19.5 Å². The standard InChI is InChI=1S/C5H15N2O.C5H11NO2/c1-7(2,5-6)3-4-8;1-2-3-4(6)5(7)8/h8H,3-6H2,1-2H3;4H,2-3,6H2,1H3,(H,7,8)/q+1;/p-1. The van der Waals surface area contributed by atoms with Crippen molar-refractivity contribution in [2.45, 2.75) is 25.8 Å². The smallest absolute Gasteiger partial charge is 0.129 e. The summed E-state index contributed by atoms with van der Waals surface area (Å²) >= 11 is 0. The van der Waals surface area contributed by atoms with E-state index in [0.717, 1.165) is 13.0 Å². The number of nitrogens with zero attached hydrogens (tertiary/aromatic N) is 1. The molecule has 0 aliphatic heterocycles. The highest BCUT2D eigenvalue weighted by Gasteiger charge is 2.08. The molecule has 1 unspecified atom stereocenters. The summed E-state index contributed by atoms with van der Waals surface area (Å²) < 4.78 is 0.691. The van der Waals surface area contributed by atoms with Gasteiger partial charge in [0.1, 0.15) is 13.2 Å². The second-order valence-electron chi connectivity index (χ2n) is 4.28. The Balaban J connectivity index is 0. The number of hydrogen-bond acceptors (Lipinski definition) is 5. The molecule has 0 saturated carbocycles. The van der Waals surface area contributed by atoms with Crippen LogP contribution in [0.2, 0.25) is 0 Å². The Morgan fingerprint density at radius 2 is 2.00 bits per heavy atom. The first-order valence-electron chi connectivity index (χ1n) is 5.40. The minimum atomic E-state index is -1.16. The molecule has 16 heavy (non-hydrogen) atoms. The van der Waals surface area contributed by atoms with Gasteiger partial charge in [-0.25, -0.2) is 0 Å². The molecule has 0 aromatic rings. The van der Waals surface area contributed by atoms with Crippen molar-refractivity contribution in [2.75, 3.05) is 33.9 Å². The molecule has 0 rings (SSSR count). The third-order valence-corrected chi connectivity index (χ3v) is 2.10. The van der Waals surface area contributed by atoms with Crippen LogP contribution in [0.1, 0.15) is 19.8 Å². The van der Waals surface area contributed by atoms with Crippen molar-refractivity contribution in [3.63, 3.8) is 0 Å². The fourth-order valence-corrected chi connectivity index (χ4v) is 0.791. The molecule has 6 heteroatoms. The number of carbonyl (C=O) groups is 1. The van der Waals surface area contributed by atoms with E-state index in [-0.39, 0.29) is 6.61 Å². The number of hydrogen-bond donors (Lipinski definition) is 3. The van der Waals surface area contributed by atoms with Crippen LogP contribution in [-0.2, 0) is 4.79 Å². The molecule has 98 valence electrons. The van der Waals surface area contributed by atoms with Gasteiger partial charge in [0.25, 0.3) is 0 Å². The van der Waals surface area contributed by atoms with Crippen LogP contribution in [0.25, 0.3) is 0 Å². The van der Waals surface area contributed by atoms with Crippen molar-refractivity contribution in [3.8, 4) is 0 Å². The molecule has 0 heterocycles. The fraction of sp³-hybridized carbons (Fsp3) is 0.900. The lowest BCUT2D eigenvalue weighted by molar-refractivity contribution is -0.890. The number of aliphatic carboxylic acids is 1. The molecule has 0 amide bonds. The Morgan fingerprint density at radius 1 is 1.50 bits per heavy atom. The van der Waals surface area contributed by atoms with Crippen LogP contribution in [0.5, 0.6) is 0 Å². The zero-order chi connectivity index (χ0) is 13.2. The molecule has 1 atom stereocenters. The molecular weight excluding hydrogens is 210 g/mol. The molecule has 0 aliphatic carbocycles. The van der Waals surface area contributed by atoms with Crippen LogP contribution in [0.15, 0.2) is 0 Å². The molecule has 0 saturated heterocycles. The van der Waals surface area contributed by atoms with Crippen LogP contribution in [0.4, 0.5) is 0 Å². The highest BCUT2D eigenvalue weighted by Crippen LogP contribution is 1.89. The molecule has 6 nitrogen and oxygen atoms in total.